The van der Waals surface area contributed by atoms with Gasteiger partial charge in [0.25, 0.3) is 0 Å². The minimum Gasteiger partial charge on any atom is -0.393 e. The van der Waals surface area contributed by atoms with E-state index in [2.05, 4.69) is 26.0 Å². The summed E-state index contributed by atoms with van der Waals surface area (Å²) in [6.45, 7) is 5.78. The van der Waals surface area contributed by atoms with Gasteiger partial charge in [0, 0.05) is 19.5 Å². The second-order valence-corrected chi connectivity index (χ2v) is 6.36. The molecule has 1 aliphatic heterocycles. The van der Waals surface area contributed by atoms with Crippen LogP contribution in [0.2, 0.25) is 0 Å². The molecule has 1 aliphatic rings. The third-order valence-corrected chi connectivity index (χ3v) is 4.34. The Bertz CT molecular complexity index is 434. The predicted molar refractivity (Wildman–Crippen MR) is 80.5 cm³/mol. The number of hydrogen-bond donors (Lipinski definition) is 1. The number of piperidine rings is 1. The molecule has 0 bridgehead atoms. The Kier molecular flexibility index (Phi) is 4.81. The number of carbonyl (C=O) groups excluding carboxylic acids is 1. The van der Waals surface area contributed by atoms with Crippen molar-refractivity contribution in [2.24, 2.45) is 0 Å². The van der Waals surface area contributed by atoms with Crippen LogP contribution in [0.5, 0.6) is 0 Å². The van der Waals surface area contributed by atoms with Gasteiger partial charge >= 0.3 is 0 Å². The summed E-state index contributed by atoms with van der Waals surface area (Å²) < 4.78 is 0. The number of hydrogen-bond acceptors (Lipinski definition) is 2. The van der Waals surface area contributed by atoms with Crippen molar-refractivity contribution in [1.29, 1.82) is 0 Å². The lowest BCUT2D eigenvalue weighted by atomic mass is 9.80. The van der Waals surface area contributed by atoms with E-state index in [1.807, 2.05) is 23.1 Å². The molecule has 0 aliphatic carbocycles. The van der Waals surface area contributed by atoms with Gasteiger partial charge in [-0.2, -0.15) is 0 Å². The average molecular weight is 275 g/mol. The van der Waals surface area contributed by atoms with Crippen LogP contribution in [0.15, 0.2) is 30.3 Å². The van der Waals surface area contributed by atoms with Crippen molar-refractivity contribution >= 4 is 5.91 Å². The lowest BCUT2D eigenvalue weighted by Gasteiger charge is -2.31. The van der Waals surface area contributed by atoms with Crippen LogP contribution in [-0.2, 0) is 10.2 Å². The first kappa shape index (κ1) is 15.0. The summed E-state index contributed by atoms with van der Waals surface area (Å²) in [5, 5.41) is 9.48. The number of aliphatic hydroxyl groups excluding tert-OH is 1. The van der Waals surface area contributed by atoms with Crippen LogP contribution in [0.4, 0.5) is 0 Å². The van der Waals surface area contributed by atoms with Gasteiger partial charge in [-0.1, -0.05) is 44.2 Å². The number of aliphatic hydroxyl groups is 1. The molecular weight excluding hydrogens is 250 g/mol. The monoisotopic (exact) mass is 275 g/mol. The molecule has 1 saturated heterocycles. The fourth-order valence-corrected chi connectivity index (χ4v) is 2.73. The molecule has 3 nitrogen and oxygen atoms in total. The van der Waals surface area contributed by atoms with Crippen LogP contribution in [-0.4, -0.2) is 35.1 Å². The second-order valence-electron chi connectivity index (χ2n) is 6.36. The van der Waals surface area contributed by atoms with Gasteiger partial charge in [0.2, 0.25) is 5.91 Å². The van der Waals surface area contributed by atoms with Crippen molar-refractivity contribution in [2.75, 3.05) is 13.1 Å². The topological polar surface area (TPSA) is 40.5 Å². The highest BCUT2D eigenvalue weighted by molar-refractivity contribution is 5.76. The lowest BCUT2D eigenvalue weighted by Crippen LogP contribution is -2.40. The number of rotatable bonds is 4. The van der Waals surface area contributed by atoms with Crippen LogP contribution in [0, 0.1) is 0 Å². The van der Waals surface area contributed by atoms with Crippen LogP contribution in [0.1, 0.15) is 45.1 Å². The number of carbonyl (C=O) groups is 1. The molecule has 2 rings (SSSR count). The summed E-state index contributed by atoms with van der Waals surface area (Å²) >= 11 is 0. The fourth-order valence-electron chi connectivity index (χ4n) is 2.73. The maximum Gasteiger partial charge on any atom is 0.222 e. The SMILES string of the molecule is CC(C)(CCC(=O)N1CCC(O)CC1)c1ccccc1. The first-order chi connectivity index (χ1) is 9.49. The molecule has 0 radical (unpaired) electrons. The Hall–Kier alpha value is -1.35. The molecule has 0 atom stereocenters. The van der Waals surface area contributed by atoms with E-state index in [1.165, 1.54) is 5.56 Å². The largest absolute Gasteiger partial charge is 0.393 e. The standard InChI is InChI=1S/C17H25NO2/c1-17(2,14-6-4-3-5-7-14)11-8-16(20)18-12-9-15(19)10-13-18/h3-7,15,19H,8-13H2,1-2H3. The van der Waals surface area contributed by atoms with Gasteiger partial charge < -0.3 is 10.0 Å². The van der Waals surface area contributed by atoms with Crippen molar-refractivity contribution < 1.29 is 9.90 Å². The molecule has 1 heterocycles. The lowest BCUT2D eigenvalue weighted by molar-refractivity contribution is -0.133. The molecule has 0 aromatic heterocycles. The third-order valence-electron chi connectivity index (χ3n) is 4.34. The zero-order chi connectivity index (χ0) is 14.6. The molecule has 3 heteroatoms. The van der Waals surface area contributed by atoms with Crippen LogP contribution >= 0.6 is 0 Å². The van der Waals surface area contributed by atoms with Crippen molar-refractivity contribution in [3.63, 3.8) is 0 Å². The van der Waals surface area contributed by atoms with Crippen LogP contribution in [0.25, 0.3) is 0 Å². The van der Waals surface area contributed by atoms with E-state index in [9.17, 15) is 9.90 Å². The van der Waals surface area contributed by atoms with Crippen LogP contribution < -0.4 is 0 Å². The minimum atomic E-state index is -0.222. The molecule has 20 heavy (non-hydrogen) atoms. The van der Waals surface area contributed by atoms with Gasteiger partial charge in [-0.05, 0) is 30.2 Å². The Morgan fingerprint density at radius 3 is 2.45 bits per heavy atom. The van der Waals surface area contributed by atoms with Gasteiger partial charge in [-0.3, -0.25) is 4.79 Å². The maximum absolute atomic E-state index is 12.2. The van der Waals surface area contributed by atoms with Crippen molar-refractivity contribution in [3.05, 3.63) is 35.9 Å². The van der Waals surface area contributed by atoms with E-state index in [-0.39, 0.29) is 17.4 Å². The van der Waals surface area contributed by atoms with E-state index in [0.717, 1.165) is 6.42 Å². The molecule has 1 N–H and O–H groups in total. The summed E-state index contributed by atoms with van der Waals surface area (Å²) in [7, 11) is 0. The van der Waals surface area contributed by atoms with Crippen LogP contribution in [0.3, 0.4) is 0 Å². The van der Waals surface area contributed by atoms with Gasteiger partial charge in [0.1, 0.15) is 0 Å². The van der Waals surface area contributed by atoms with E-state index in [1.54, 1.807) is 0 Å². The smallest absolute Gasteiger partial charge is 0.222 e. The molecule has 110 valence electrons. The average Bonchev–Trinajstić information content (AvgIpc) is 2.46. The second kappa shape index (κ2) is 6.40. The molecular formula is C17H25NO2. The Morgan fingerprint density at radius 2 is 1.85 bits per heavy atom. The molecule has 0 spiro atoms. The molecule has 1 aromatic rings. The van der Waals surface area contributed by atoms with E-state index < -0.39 is 0 Å². The molecule has 0 unspecified atom stereocenters. The van der Waals surface area contributed by atoms with Gasteiger partial charge in [0.05, 0.1) is 6.10 Å². The third kappa shape index (κ3) is 3.83. The molecule has 0 saturated carbocycles. The predicted octanol–water partition coefficient (Wildman–Crippen LogP) is 2.73. The van der Waals surface area contributed by atoms with E-state index in [0.29, 0.717) is 32.4 Å². The maximum atomic E-state index is 12.2. The molecule has 1 amide bonds. The highest BCUT2D eigenvalue weighted by Crippen LogP contribution is 2.28. The Morgan fingerprint density at radius 1 is 1.25 bits per heavy atom. The number of likely N-dealkylation sites (tertiary alicyclic amines) is 1. The molecule has 1 aromatic carbocycles. The van der Waals surface area contributed by atoms with E-state index >= 15 is 0 Å². The highest BCUT2D eigenvalue weighted by Gasteiger charge is 2.25. The van der Waals surface area contributed by atoms with Gasteiger partial charge in [-0.15, -0.1) is 0 Å². The zero-order valence-electron chi connectivity index (χ0n) is 12.5. The first-order valence-electron chi connectivity index (χ1n) is 7.50. The number of benzene rings is 1. The minimum absolute atomic E-state index is 0.0201. The number of nitrogens with zero attached hydrogens (tertiary/aromatic N) is 1. The first-order valence-corrected chi connectivity index (χ1v) is 7.50. The summed E-state index contributed by atoms with van der Waals surface area (Å²) in [5.41, 5.74) is 1.30. The quantitative estimate of drug-likeness (QED) is 0.918. The van der Waals surface area contributed by atoms with Crippen molar-refractivity contribution in [1.82, 2.24) is 4.90 Å². The van der Waals surface area contributed by atoms with E-state index in [4.69, 9.17) is 0 Å². The summed E-state index contributed by atoms with van der Waals surface area (Å²) in [6.07, 6.45) is 2.65. The van der Waals surface area contributed by atoms with Crippen molar-refractivity contribution in [3.8, 4) is 0 Å². The van der Waals surface area contributed by atoms with Gasteiger partial charge in [0.15, 0.2) is 0 Å². The summed E-state index contributed by atoms with van der Waals surface area (Å²) in [6, 6.07) is 10.4. The summed E-state index contributed by atoms with van der Waals surface area (Å²) in [5.74, 6) is 0.223. The fraction of sp³-hybridized carbons (Fsp3) is 0.588. The Labute approximate surface area is 121 Å². The Balaban J connectivity index is 1.86. The normalized spacial score (nSPS) is 17.2. The number of amides is 1. The zero-order valence-corrected chi connectivity index (χ0v) is 12.5. The molecule has 1 fully saturated rings. The van der Waals surface area contributed by atoms with Gasteiger partial charge in [-0.25, -0.2) is 0 Å². The van der Waals surface area contributed by atoms with Crippen molar-refractivity contribution in [2.45, 2.75) is 51.0 Å². The summed E-state index contributed by atoms with van der Waals surface area (Å²) in [4.78, 5) is 14.1. The highest BCUT2D eigenvalue weighted by atomic mass is 16.3.